The first-order valence-corrected chi connectivity index (χ1v) is 11.1. The summed E-state index contributed by atoms with van der Waals surface area (Å²) in [6, 6.07) is 6.24. The number of anilines is 1. The molecule has 1 unspecified atom stereocenters. The topological polar surface area (TPSA) is 57.4 Å². The minimum Gasteiger partial charge on any atom is -0.469 e. The molecule has 0 fully saturated rings. The molecular formula is C24H36FN3O2. The fraction of sp³-hybridized carbons (Fsp3) is 0.625. The van der Waals surface area contributed by atoms with Crippen molar-refractivity contribution in [2.24, 2.45) is 5.92 Å². The minimum atomic E-state index is -1.25. The third-order valence-electron chi connectivity index (χ3n) is 6.68. The highest BCUT2D eigenvalue weighted by atomic mass is 19.1. The number of aromatic nitrogens is 1. The van der Waals surface area contributed by atoms with E-state index in [1.807, 2.05) is 13.1 Å². The molecule has 0 bridgehead atoms. The molecule has 30 heavy (non-hydrogen) atoms. The predicted molar refractivity (Wildman–Crippen MR) is 121 cm³/mol. The van der Waals surface area contributed by atoms with E-state index in [9.17, 15) is 9.18 Å². The van der Waals surface area contributed by atoms with E-state index in [1.165, 1.54) is 12.7 Å². The van der Waals surface area contributed by atoms with Crippen LogP contribution < -0.4 is 5.32 Å². The molecule has 1 aromatic carbocycles. The van der Waals surface area contributed by atoms with Crippen molar-refractivity contribution < 1.29 is 13.9 Å². The summed E-state index contributed by atoms with van der Waals surface area (Å²) in [5.74, 6) is -0.633. The molecule has 0 amide bonds. The van der Waals surface area contributed by atoms with Crippen molar-refractivity contribution in [1.82, 2.24) is 9.88 Å². The first-order valence-electron chi connectivity index (χ1n) is 11.1. The summed E-state index contributed by atoms with van der Waals surface area (Å²) in [5.41, 5.74) is 2.97. The Balaban J connectivity index is 2.06. The summed E-state index contributed by atoms with van der Waals surface area (Å²) >= 11 is 0. The van der Waals surface area contributed by atoms with E-state index in [0.29, 0.717) is 6.42 Å². The second kappa shape index (κ2) is 9.38. The molecule has 1 aliphatic rings. The van der Waals surface area contributed by atoms with Crippen LogP contribution in [0.4, 0.5) is 10.1 Å². The number of hydrogen-bond acceptors (Lipinski definition) is 4. The Bertz CT molecular complexity index is 871. The second-order valence-electron chi connectivity index (χ2n) is 8.94. The number of carbonyl (C=O) groups is 1. The normalized spacial score (nSPS) is 21.7. The molecule has 2 heterocycles. The van der Waals surface area contributed by atoms with Crippen LogP contribution in [0, 0.1) is 5.92 Å². The maximum Gasteiger partial charge on any atom is 0.314 e. The molecular weight excluding hydrogens is 381 g/mol. The van der Waals surface area contributed by atoms with E-state index in [2.05, 4.69) is 34.3 Å². The van der Waals surface area contributed by atoms with Crippen LogP contribution in [0.5, 0.6) is 0 Å². The molecule has 0 spiro atoms. The molecule has 2 N–H and O–H groups in total. The smallest absolute Gasteiger partial charge is 0.314 e. The fourth-order valence-corrected chi connectivity index (χ4v) is 4.69. The summed E-state index contributed by atoms with van der Waals surface area (Å²) in [6.45, 7) is 7.94. The van der Waals surface area contributed by atoms with Gasteiger partial charge in [-0.15, -0.1) is 0 Å². The molecule has 1 aromatic heterocycles. The van der Waals surface area contributed by atoms with Crippen molar-refractivity contribution in [3.63, 3.8) is 0 Å². The van der Waals surface area contributed by atoms with Crippen LogP contribution in [0.2, 0.25) is 0 Å². The van der Waals surface area contributed by atoms with E-state index in [1.54, 1.807) is 13.8 Å². The van der Waals surface area contributed by atoms with E-state index < -0.39 is 5.67 Å². The average Bonchev–Trinajstić information content (AvgIpc) is 3.06. The lowest BCUT2D eigenvalue weighted by Crippen LogP contribution is -2.39. The van der Waals surface area contributed by atoms with Crippen molar-refractivity contribution in [1.29, 1.82) is 0 Å². The Labute approximate surface area is 179 Å². The van der Waals surface area contributed by atoms with Gasteiger partial charge in [0.15, 0.2) is 0 Å². The van der Waals surface area contributed by atoms with Crippen LogP contribution in [0.15, 0.2) is 18.2 Å². The molecule has 166 valence electrons. The van der Waals surface area contributed by atoms with Gasteiger partial charge in [0, 0.05) is 48.3 Å². The number of ether oxygens (including phenoxy) is 1. The van der Waals surface area contributed by atoms with Crippen LogP contribution in [0.3, 0.4) is 0 Å². The number of rotatable bonds is 4. The number of H-pyrrole nitrogens is 1. The standard InChI is InChI=1S/C24H36FN3O2/c1-6-28-13-12-18-20-14-17(26-4)10-11-21(20)27-22(18)19(23(29)30-5)9-7-8-16(15-28)24(2,3)25/h10-11,14,16,19,26-27H,6-9,12-13,15H2,1-5H3/t16?,19-/m1/s1. The number of nitrogens with zero attached hydrogens (tertiary/aromatic N) is 1. The number of carbonyl (C=O) groups excluding carboxylic acids is 1. The number of likely N-dealkylation sites (N-methyl/N-ethyl adjacent to an activating group) is 1. The molecule has 0 aliphatic carbocycles. The lowest BCUT2D eigenvalue weighted by atomic mass is 9.85. The number of alkyl halides is 1. The highest BCUT2D eigenvalue weighted by molar-refractivity contribution is 5.90. The minimum absolute atomic E-state index is 0.0557. The summed E-state index contributed by atoms with van der Waals surface area (Å²) in [4.78, 5) is 18.6. The molecule has 2 atom stereocenters. The van der Waals surface area contributed by atoms with Gasteiger partial charge in [0.1, 0.15) is 5.67 Å². The number of benzene rings is 1. The number of aromatic amines is 1. The Kier molecular flexibility index (Phi) is 7.06. The number of hydrogen-bond donors (Lipinski definition) is 2. The zero-order valence-electron chi connectivity index (χ0n) is 19.0. The number of fused-ring (bicyclic) bond motifs is 3. The Morgan fingerprint density at radius 2 is 2.13 bits per heavy atom. The quantitative estimate of drug-likeness (QED) is 0.696. The predicted octanol–water partition coefficient (Wildman–Crippen LogP) is 4.88. The van der Waals surface area contributed by atoms with Crippen LogP contribution in [-0.2, 0) is 16.0 Å². The zero-order chi connectivity index (χ0) is 21.9. The van der Waals surface area contributed by atoms with E-state index in [-0.39, 0.29) is 17.8 Å². The van der Waals surface area contributed by atoms with Gasteiger partial charge in [-0.1, -0.05) is 13.3 Å². The van der Waals surface area contributed by atoms with E-state index in [4.69, 9.17) is 4.74 Å². The van der Waals surface area contributed by atoms with Crippen LogP contribution in [0.25, 0.3) is 10.9 Å². The van der Waals surface area contributed by atoms with Gasteiger partial charge in [0.2, 0.25) is 0 Å². The lowest BCUT2D eigenvalue weighted by molar-refractivity contribution is -0.142. The monoisotopic (exact) mass is 417 g/mol. The maximum atomic E-state index is 14.9. The van der Waals surface area contributed by atoms with Gasteiger partial charge in [-0.2, -0.15) is 0 Å². The molecule has 0 radical (unpaired) electrons. The van der Waals surface area contributed by atoms with Gasteiger partial charge >= 0.3 is 5.97 Å². The van der Waals surface area contributed by atoms with E-state index in [0.717, 1.165) is 61.2 Å². The van der Waals surface area contributed by atoms with Crippen LogP contribution in [-0.4, -0.2) is 55.3 Å². The van der Waals surface area contributed by atoms with Crippen molar-refractivity contribution in [2.75, 3.05) is 39.1 Å². The Morgan fingerprint density at radius 1 is 1.37 bits per heavy atom. The first-order chi connectivity index (χ1) is 14.3. The summed E-state index contributed by atoms with van der Waals surface area (Å²) < 4.78 is 20.1. The summed E-state index contributed by atoms with van der Waals surface area (Å²) in [7, 11) is 3.35. The van der Waals surface area contributed by atoms with Gasteiger partial charge in [0.05, 0.1) is 13.0 Å². The molecule has 5 nitrogen and oxygen atoms in total. The Morgan fingerprint density at radius 3 is 2.77 bits per heavy atom. The SMILES string of the molecule is CCN1CCc2c([nH]c3ccc(NC)cc23)[C@H](C(=O)OC)CCCC(C(C)(C)F)C1. The number of nitrogens with one attached hydrogen (secondary N) is 2. The summed E-state index contributed by atoms with van der Waals surface area (Å²) in [6.07, 6.45) is 3.01. The van der Waals surface area contributed by atoms with Crippen molar-refractivity contribution >= 4 is 22.6 Å². The fourth-order valence-electron chi connectivity index (χ4n) is 4.69. The Hall–Kier alpha value is -2.08. The third-order valence-corrected chi connectivity index (χ3v) is 6.68. The molecule has 6 heteroatoms. The number of halogens is 1. The van der Waals surface area contributed by atoms with Gasteiger partial charge < -0.3 is 19.9 Å². The molecule has 1 aliphatic heterocycles. The van der Waals surface area contributed by atoms with Gasteiger partial charge in [-0.05, 0) is 63.4 Å². The molecule has 3 rings (SSSR count). The van der Waals surface area contributed by atoms with Crippen LogP contribution >= 0.6 is 0 Å². The van der Waals surface area contributed by atoms with Gasteiger partial charge in [-0.3, -0.25) is 4.79 Å². The van der Waals surface area contributed by atoms with Crippen molar-refractivity contribution in [3.8, 4) is 0 Å². The second-order valence-corrected chi connectivity index (χ2v) is 8.94. The van der Waals surface area contributed by atoms with Crippen molar-refractivity contribution in [3.05, 3.63) is 29.5 Å². The molecule has 0 saturated heterocycles. The highest BCUT2D eigenvalue weighted by Crippen LogP contribution is 2.36. The van der Waals surface area contributed by atoms with E-state index >= 15 is 0 Å². The zero-order valence-corrected chi connectivity index (χ0v) is 19.0. The maximum absolute atomic E-state index is 14.9. The molecule has 0 saturated carbocycles. The lowest BCUT2D eigenvalue weighted by Gasteiger charge is -2.32. The van der Waals surface area contributed by atoms with Crippen LogP contribution in [0.1, 0.15) is 57.2 Å². The third kappa shape index (κ3) is 4.80. The summed E-state index contributed by atoms with van der Waals surface area (Å²) in [5, 5.41) is 4.35. The van der Waals surface area contributed by atoms with Gasteiger partial charge in [-0.25, -0.2) is 4.39 Å². The molecule has 2 aromatic rings. The highest BCUT2D eigenvalue weighted by Gasteiger charge is 2.33. The number of methoxy groups -OCH3 is 1. The number of esters is 1. The average molecular weight is 418 g/mol. The first kappa shape index (κ1) is 22.6. The van der Waals surface area contributed by atoms with Gasteiger partial charge in [0.25, 0.3) is 0 Å². The largest absolute Gasteiger partial charge is 0.469 e. The van der Waals surface area contributed by atoms with Crippen molar-refractivity contribution in [2.45, 2.75) is 58.0 Å².